The number of aryl methyl sites for hydroxylation is 1. The highest BCUT2D eigenvalue weighted by Crippen LogP contribution is 2.14. The molecule has 0 bridgehead atoms. The number of nitrogens with zero attached hydrogens (tertiary/aromatic N) is 1. The summed E-state index contributed by atoms with van der Waals surface area (Å²) in [5, 5.41) is 7.01. The van der Waals surface area contributed by atoms with Gasteiger partial charge in [0, 0.05) is 12.6 Å². The maximum atomic E-state index is 11.5. The highest BCUT2D eigenvalue weighted by molar-refractivity contribution is 5.89. The molecule has 130 valence electrons. The minimum Gasteiger partial charge on any atom is -0.494 e. The maximum Gasteiger partial charge on any atom is 0.338 e. The Morgan fingerprint density at radius 3 is 2.67 bits per heavy atom. The average Bonchev–Trinajstić information content (AvgIpc) is 3.00. The fraction of sp³-hybridized carbons (Fsp3) is 0.444. The van der Waals surface area contributed by atoms with E-state index in [4.69, 9.17) is 14.0 Å². The number of carbonyl (C=O) groups is 1. The van der Waals surface area contributed by atoms with E-state index in [1.54, 1.807) is 31.2 Å². The lowest BCUT2D eigenvalue weighted by molar-refractivity contribution is 0.0526. The summed E-state index contributed by atoms with van der Waals surface area (Å²) in [4.78, 5) is 11.5. The highest BCUT2D eigenvalue weighted by Gasteiger charge is 2.05. The number of benzene rings is 1. The van der Waals surface area contributed by atoms with Gasteiger partial charge in [-0.1, -0.05) is 5.16 Å². The van der Waals surface area contributed by atoms with E-state index < -0.39 is 0 Å². The van der Waals surface area contributed by atoms with Gasteiger partial charge in [0.15, 0.2) is 0 Å². The van der Waals surface area contributed by atoms with Crippen molar-refractivity contribution in [3.05, 3.63) is 41.6 Å². The van der Waals surface area contributed by atoms with Gasteiger partial charge in [-0.05, 0) is 57.4 Å². The van der Waals surface area contributed by atoms with Gasteiger partial charge in [0.2, 0.25) is 5.88 Å². The lowest BCUT2D eigenvalue weighted by Gasteiger charge is -2.07. The number of carbonyl (C=O) groups excluding carboxylic acids is 1. The minimum absolute atomic E-state index is 0.307. The smallest absolute Gasteiger partial charge is 0.338 e. The van der Waals surface area contributed by atoms with Crippen LogP contribution in [0.4, 0.5) is 5.88 Å². The van der Waals surface area contributed by atoms with Crippen LogP contribution >= 0.6 is 0 Å². The third-order valence-electron chi connectivity index (χ3n) is 3.38. The Balaban J connectivity index is 1.56. The molecule has 0 unspecified atom stereocenters. The Labute approximate surface area is 142 Å². The molecular formula is C18H24N2O4. The molecule has 2 aromatic rings. The van der Waals surface area contributed by atoms with Crippen LogP contribution in [0, 0.1) is 6.92 Å². The third-order valence-corrected chi connectivity index (χ3v) is 3.38. The normalized spacial score (nSPS) is 10.4. The molecule has 0 aliphatic heterocycles. The van der Waals surface area contributed by atoms with E-state index in [0.29, 0.717) is 24.7 Å². The Morgan fingerprint density at radius 1 is 1.21 bits per heavy atom. The summed E-state index contributed by atoms with van der Waals surface area (Å²) in [5.41, 5.74) is 1.41. The van der Waals surface area contributed by atoms with Gasteiger partial charge < -0.3 is 19.3 Å². The zero-order chi connectivity index (χ0) is 17.2. The maximum absolute atomic E-state index is 11.5. The van der Waals surface area contributed by atoms with Crippen molar-refractivity contribution in [2.24, 2.45) is 0 Å². The number of nitrogens with one attached hydrogen (secondary N) is 1. The van der Waals surface area contributed by atoms with E-state index in [-0.39, 0.29) is 5.97 Å². The van der Waals surface area contributed by atoms with Gasteiger partial charge in [-0.25, -0.2) is 4.79 Å². The molecule has 1 heterocycles. The molecule has 0 spiro atoms. The second kappa shape index (κ2) is 9.60. The number of ether oxygens (including phenoxy) is 2. The first-order valence-corrected chi connectivity index (χ1v) is 8.26. The van der Waals surface area contributed by atoms with Crippen LogP contribution in [0.1, 0.15) is 42.2 Å². The van der Waals surface area contributed by atoms with Gasteiger partial charge in [0.1, 0.15) is 5.75 Å². The highest BCUT2D eigenvalue weighted by atomic mass is 16.5. The first-order valence-electron chi connectivity index (χ1n) is 8.26. The summed E-state index contributed by atoms with van der Waals surface area (Å²) in [6.45, 7) is 5.56. The van der Waals surface area contributed by atoms with Crippen molar-refractivity contribution >= 4 is 11.9 Å². The minimum atomic E-state index is -0.307. The monoisotopic (exact) mass is 332 g/mol. The van der Waals surface area contributed by atoms with Gasteiger partial charge >= 0.3 is 5.97 Å². The molecule has 0 aliphatic rings. The number of esters is 1. The van der Waals surface area contributed by atoms with Crippen LogP contribution in [-0.2, 0) is 4.74 Å². The summed E-state index contributed by atoms with van der Waals surface area (Å²) in [6, 6.07) is 8.90. The number of hydrogen-bond donors (Lipinski definition) is 1. The molecule has 0 saturated heterocycles. The number of hydrogen-bond acceptors (Lipinski definition) is 6. The van der Waals surface area contributed by atoms with E-state index in [1.165, 1.54) is 0 Å². The Bertz CT molecular complexity index is 622. The largest absolute Gasteiger partial charge is 0.494 e. The quantitative estimate of drug-likeness (QED) is 0.527. The summed E-state index contributed by atoms with van der Waals surface area (Å²) in [7, 11) is 0. The molecule has 24 heavy (non-hydrogen) atoms. The molecule has 0 aliphatic carbocycles. The first-order chi connectivity index (χ1) is 11.7. The lowest BCUT2D eigenvalue weighted by Crippen LogP contribution is -2.05. The van der Waals surface area contributed by atoms with Crippen LogP contribution in [0.3, 0.4) is 0 Å². The first kappa shape index (κ1) is 17.8. The van der Waals surface area contributed by atoms with Crippen LogP contribution < -0.4 is 10.1 Å². The fourth-order valence-corrected chi connectivity index (χ4v) is 2.15. The third kappa shape index (κ3) is 5.95. The zero-order valence-corrected chi connectivity index (χ0v) is 14.2. The van der Waals surface area contributed by atoms with Gasteiger partial charge in [-0.3, -0.25) is 0 Å². The van der Waals surface area contributed by atoms with E-state index >= 15 is 0 Å². The molecule has 0 fully saturated rings. The van der Waals surface area contributed by atoms with Crippen LogP contribution in [-0.4, -0.2) is 30.9 Å². The van der Waals surface area contributed by atoms with Crippen molar-refractivity contribution in [1.29, 1.82) is 0 Å². The predicted molar refractivity (Wildman–Crippen MR) is 91.5 cm³/mol. The SMILES string of the molecule is CCOC(=O)c1ccc(OCCCCCNc2cc(C)no2)cc1. The predicted octanol–water partition coefficient (Wildman–Crippen LogP) is 3.82. The van der Waals surface area contributed by atoms with Gasteiger partial charge in [-0.2, -0.15) is 0 Å². The van der Waals surface area contributed by atoms with E-state index in [0.717, 1.165) is 37.3 Å². The second-order valence-electron chi connectivity index (χ2n) is 5.41. The molecule has 0 radical (unpaired) electrons. The molecule has 1 N–H and O–H groups in total. The summed E-state index contributed by atoms with van der Waals surface area (Å²) >= 11 is 0. The number of rotatable bonds is 10. The van der Waals surface area contributed by atoms with Crippen LogP contribution in [0.5, 0.6) is 5.75 Å². The van der Waals surface area contributed by atoms with E-state index in [1.807, 2.05) is 13.0 Å². The zero-order valence-electron chi connectivity index (χ0n) is 14.2. The molecule has 0 saturated carbocycles. The number of unbranched alkanes of at least 4 members (excludes halogenated alkanes) is 2. The lowest BCUT2D eigenvalue weighted by atomic mass is 10.2. The van der Waals surface area contributed by atoms with Crippen molar-refractivity contribution in [3.8, 4) is 5.75 Å². The molecule has 6 heteroatoms. The number of anilines is 1. The topological polar surface area (TPSA) is 73.6 Å². The molecule has 0 amide bonds. The van der Waals surface area contributed by atoms with Gasteiger partial charge in [0.05, 0.1) is 24.5 Å². The second-order valence-corrected chi connectivity index (χ2v) is 5.41. The van der Waals surface area contributed by atoms with Crippen LogP contribution in [0.15, 0.2) is 34.9 Å². The van der Waals surface area contributed by atoms with E-state index in [2.05, 4.69) is 10.5 Å². The van der Waals surface area contributed by atoms with Crippen molar-refractivity contribution in [1.82, 2.24) is 5.16 Å². The Morgan fingerprint density at radius 2 is 2.00 bits per heavy atom. The summed E-state index contributed by atoms with van der Waals surface area (Å²) in [6.07, 6.45) is 3.06. The molecule has 6 nitrogen and oxygen atoms in total. The standard InChI is InChI=1S/C18H24N2O4/c1-3-22-18(21)15-7-9-16(10-8-15)23-12-6-4-5-11-19-17-13-14(2)20-24-17/h7-10,13,19H,3-6,11-12H2,1-2H3. The molecule has 0 atom stereocenters. The Kier molecular flexibility index (Phi) is 7.14. The van der Waals surface area contributed by atoms with Crippen molar-refractivity contribution in [2.45, 2.75) is 33.1 Å². The average molecular weight is 332 g/mol. The molecule has 1 aromatic heterocycles. The van der Waals surface area contributed by atoms with E-state index in [9.17, 15) is 4.79 Å². The molecule has 2 rings (SSSR count). The van der Waals surface area contributed by atoms with Gasteiger partial charge in [-0.15, -0.1) is 0 Å². The van der Waals surface area contributed by atoms with Crippen LogP contribution in [0.25, 0.3) is 0 Å². The fourth-order valence-electron chi connectivity index (χ4n) is 2.15. The molecular weight excluding hydrogens is 308 g/mol. The number of aromatic nitrogens is 1. The summed E-state index contributed by atoms with van der Waals surface area (Å²) < 4.78 is 15.7. The summed E-state index contributed by atoms with van der Waals surface area (Å²) in [5.74, 6) is 1.17. The van der Waals surface area contributed by atoms with Gasteiger partial charge in [0.25, 0.3) is 0 Å². The van der Waals surface area contributed by atoms with Crippen molar-refractivity contribution in [3.63, 3.8) is 0 Å². The van der Waals surface area contributed by atoms with Crippen molar-refractivity contribution < 1.29 is 18.8 Å². The van der Waals surface area contributed by atoms with Crippen LogP contribution in [0.2, 0.25) is 0 Å². The Hall–Kier alpha value is -2.50. The molecule has 1 aromatic carbocycles. The van der Waals surface area contributed by atoms with Crippen molar-refractivity contribution in [2.75, 3.05) is 25.1 Å².